The number of carboxylic acids is 1. The summed E-state index contributed by atoms with van der Waals surface area (Å²) in [5.41, 5.74) is 0. The van der Waals surface area contributed by atoms with Crippen LogP contribution in [0.2, 0.25) is 0 Å². The molecule has 2 N–H and O–H groups in total. The normalized spacial score (nSPS) is 22.6. The van der Waals surface area contributed by atoms with Gasteiger partial charge in [-0.15, -0.1) is 0 Å². The van der Waals surface area contributed by atoms with Gasteiger partial charge in [0.25, 0.3) is 0 Å². The Balaban J connectivity index is 1.77. The molecule has 5 heteroatoms. The first kappa shape index (κ1) is 12.8. The molecule has 0 unspecified atom stereocenters. The van der Waals surface area contributed by atoms with Gasteiger partial charge in [0.05, 0.1) is 6.54 Å². The van der Waals surface area contributed by atoms with Crippen molar-refractivity contribution < 1.29 is 9.90 Å². The van der Waals surface area contributed by atoms with Crippen molar-refractivity contribution in [2.45, 2.75) is 31.8 Å². The van der Waals surface area contributed by atoms with Gasteiger partial charge >= 0.3 is 5.97 Å². The molecule has 2 rings (SSSR count). The van der Waals surface area contributed by atoms with Gasteiger partial charge in [-0.25, -0.2) is 4.98 Å². The summed E-state index contributed by atoms with van der Waals surface area (Å²) < 4.78 is 0. The fourth-order valence-corrected chi connectivity index (χ4v) is 2.33. The quantitative estimate of drug-likeness (QED) is 0.798. The molecule has 1 aliphatic rings. The molecule has 1 saturated carbocycles. The van der Waals surface area contributed by atoms with Gasteiger partial charge in [-0.05, 0) is 31.5 Å². The molecule has 1 fully saturated rings. The van der Waals surface area contributed by atoms with Crippen molar-refractivity contribution in [2.75, 3.05) is 18.4 Å². The van der Waals surface area contributed by atoms with E-state index in [0.29, 0.717) is 12.1 Å². The van der Waals surface area contributed by atoms with E-state index < -0.39 is 5.97 Å². The van der Waals surface area contributed by atoms with Gasteiger partial charge < -0.3 is 10.4 Å². The standard InChI is InChI=1S/C13H19N3O2/c1-2-16(9-13(17)18)11-7-10(8-11)15-12-5-3-4-6-14-12/h3-6,10-11H,2,7-9H2,1H3,(H,14,15)(H,17,18). The van der Waals surface area contributed by atoms with Crippen LogP contribution in [0.15, 0.2) is 24.4 Å². The molecule has 1 aliphatic carbocycles. The molecule has 1 heterocycles. The number of anilines is 1. The van der Waals surface area contributed by atoms with Gasteiger partial charge in [0, 0.05) is 18.3 Å². The molecule has 0 atom stereocenters. The zero-order chi connectivity index (χ0) is 13.0. The second kappa shape index (κ2) is 5.82. The summed E-state index contributed by atoms with van der Waals surface area (Å²) in [6, 6.07) is 6.58. The molecule has 5 nitrogen and oxygen atoms in total. The monoisotopic (exact) mass is 249 g/mol. The van der Waals surface area contributed by atoms with Crippen LogP contribution < -0.4 is 5.32 Å². The van der Waals surface area contributed by atoms with E-state index in [1.165, 1.54) is 0 Å². The first-order chi connectivity index (χ1) is 8.69. The predicted molar refractivity (Wildman–Crippen MR) is 69.6 cm³/mol. The van der Waals surface area contributed by atoms with Gasteiger partial charge in [0.15, 0.2) is 0 Å². The lowest BCUT2D eigenvalue weighted by Gasteiger charge is -2.42. The van der Waals surface area contributed by atoms with Crippen LogP contribution in [-0.2, 0) is 4.79 Å². The van der Waals surface area contributed by atoms with Crippen molar-refractivity contribution in [1.29, 1.82) is 0 Å². The number of nitrogens with one attached hydrogen (secondary N) is 1. The van der Waals surface area contributed by atoms with Crippen molar-refractivity contribution in [3.05, 3.63) is 24.4 Å². The van der Waals surface area contributed by atoms with E-state index in [1.54, 1.807) is 6.20 Å². The van der Waals surface area contributed by atoms with E-state index in [1.807, 2.05) is 30.0 Å². The van der Waals surface area contributed by atoms with E-state index >= 15 is 0 Å². The third kappa shape index (κ3) is 3.20. The number of aliphatic carboxylic acids is 1. The fraction of sp³-hybridized carbons (Fsp3) is 0.538. The Morgan fingerprint density at radius 1 is 1.56 bits per heavy atom. The number of hydrogen-bond donors (Lipinski definition) is 2. The Bertz CT molecular complexity index is 390. The van der Waals surface area contributed by atoms with Crippen LogP contribution in [0.25, 0.3) is 0 Å². The molecular formula is C13H19N3O2. The minimum Gasteiger partial charge on any atom is -0.480 e. The van der Waals surface area contributed by atoms with Gasteiger partial charge in [0.1, 0.15) is 5.82 Å². The first-order valence-corrected chi connectivity index (χ1v) is 6.32. The average Bonchev–Trinajstić information content (AvgIpc) is 2.32. The summed E-state index contributed by atoms with van der Waals surface area (Å²) in [4.78, 5) is 17.0. The Kier molecular flexibility index (Phi) is 4.15. The number of pyridine rings is 1. The van der Waals surface area contributed by atoms with Gasteiger partial charge in [-0.3, -0.25) is 9.69 Å². The highest BCUT2D eigenvalue weighted by atomic mass is 16.4. The number of nitrogens with zero attached hydrogens (tertiary/aromatic N) is 2. The summed E-state index contributed by atoms with van der Waals surface area (Å²) in [5, 5.41) is 12.2. The van der Waals surface area contributed by atoms with E-state index in [0.717, 1.165) is 25.2 Å². The molecule has 98 valence electrons. The maximum absolute atomic E-state index is 10.7. The number of aromatic nitrogens is 1. The average molecular weight is 249 g/mol. The van der Waals surface area contributed by atoms with Crippen LogP contribution in [0.3, 0.4) is 0 Å². The van der Waals surface area contributed by atoms with Crippen molar-refractivity contribution in [2.24, 2.45) is 0 Å². The van der Waals surface area contributed by atoms with E-state index in [9.17, 15) is 4.79 Å². The molecule has 0 saturated heterocycles. The Morgan fingerprint density at radius 3 is 2.89 bits per heavy atom. The zero-order valence-corrected chi connectivity index (χ0v) is 10.5. The van der Waals surface area contributed by atoms with Crippen molar-refractivity contribution in [3.8, 4) is 0 Å². The smallest absolute Gasteiger partial charge is 0.317 e. The lowest BCUT2D eigenvalue weighted by molar-refractivity contribution is -0.139. The fourth-order valence-electron chi connectivity index (χ4n) is 2.33. The highest BCUT2D eigenvalue weighted by molar-refractivity contribution is 5.69. The van der Waals surface area contributed by atoms with Crippen molar-refractivity contribution in [1.82, 2.24) is 9.88 Å². The molecule has 0 bridgehead atoms. The Hall–Kier alpha value is -1.62. The summed E-state index contributed by atoms with van der Waals surface area (Å²) in [5.74, 6) is 0.139. The number of rotatable bonds is 6. The molecule has 0 aromatic carbocycles. The third-order valence-electron chi connectivity index (χ3n) is 3.39. The molecule has 18 heavy (non-hydrogen) atoms. The van der Waals surface area contributed by atoms with Crippen molar-refractivity contribution >= 4 is 11.8 Å². The van der Waals surface area contributed by atoms with Gasteiger partial charge in [0.2, 0.25) is 0 Å². The number of carbonyl (C=O) groups is 1. The lowest BCUT2D eigenvalue weighted by Crippen LogP contribution is -2.51. The number of likely N-dealkylation sites (N-methyl/N-ethyl adjacent to an activating group) is 1. The van der Waals surface area contributed by atoms with Crippen LogP contribution in [0.1, 0.15) is 19.8 Å². The second-order valence-corrected chi connectivity index (χ2v) is 4.64. The van der Waals surface area contributed by atoms with Crippen LogP contribution in [0.5, 0.6) is 0 Å². The van der Waals surface area contributed by atoms with E-state index in [2.05, 4.69) is 10.3 Å². The molecule has 0 radical (unpaired) electrons. The second-order valence-electron chi connectivity index (χ2n) is 4.64. The SMILES string of the molecule is CCN(CC(=O)O)C1CC(Nc2ccccn2)C1. The molecular weight excluding hydrogens is 230 g/mol. The van der Waals surface area contributed by atoms with Crippen LogP contribution in [-0.4, -0.2) is 46.1 Å². The summed E-state index contributed by atoms with van der Waals surface area (Å²) >= 11 is 0. The number of hydrogen-bond acceptors (Lipinski definition) is 4. The Labute approximate surface area is 107 Å². The maximum atomic E-state index is 10.7. The topological polar surface area (TPSA) is 65.5 Å². The van der Waals surface area contributed by atoms with E-state index in [-0.39, 0.29) is 6.54 Å². The molecule has 0 spiro atoms. The Morgan fingerprint density at radius 2 is 2.33 bits per heavy atom. The van der Waals surface area contributed by atoms with Crippen LogP contribution >= 0.6 is 0 Å². The lowest BCUT2D eigenvalue weighted by atomic mass is 9.85. The minimum absolute atomic E-state index is 0.136. The maximum Gasteiger partial charge on any atom is 0.317 e. The largest absolute Gasteiger partial charge is 0.480 e. The molecule has 0 aliphatic heterocycles. The third-order valence-corrected chi connectivity index (χ3v) is 3.39. The van der Waals surface area contributed by atoms with Crippen molar-refractivity contribution in [3.63, 3.8) is 0 Å². The predicted octanol–water partition coefficient (Wildman–Crippen LogP) is 1.43. The minimum atomic E-state index is -0.752. The van der Waals surface area contributed by atoms with Crippen LogP contribution in [0, 0.1) is 0 Å². The number of carboxylic acid groups (broad SMARTS) is 1. The summed E-state index contributed by atoms with van der Waals surface area (Å²) in [6.07, 6.45) is 3.73. The molecule has 1 aromatic heterocycles. The molecule has 0 amide bonds. The highest BCUT2D eigenvalue weighted by Gasteiger charge is 2.33. The highest BCUT2D eigenvalue weighted by Crippen LogP contribution is 2.27. The molecule has 1 aromatic rings. The van der Waals surface area contributed by atoms with Crippen LogP contribution in [0.4, 0.5) is 5.82 Å². The van der Waals surface area contributed by atoms with E-state index in [4.69, 9.17) is 5.11 Å². The van der Waals surface area contributed by atoms with Gasteiger partial charge in [-0.1, -0.05) is 13.0 Å². The zero-order valence-electron chi connectivity index (χ0n) is 10.5. The first-order valence-electron chi connectivity index (χ1n) is 6.32. The van der Waals surface area contributed by atoms with Gasteiger partial charge in [-0.2, -0.15) is 0 Å². The summed E-state index contributed by atoms with van der Waals surface area (Å²) in [6.45, 7) is 2.92. The summed E-state index contributed by atoms with van der Waals surface area (Å²) in [7, 11) is 0.